The van der Waals surface area contributed by atoms with Gasteiger partial charge in [-0.2, -0.15) is 0 Å². The fourth-order valence-corrected chi connectivity index (χ4v) is 1.58. The van der Waals surface area contributed by atoms with E-state index in [1.54, 1.807) is 0 Å². The van der Waals surface area contributed by atoms with Crippen molar-refractivity contribution in [3.63, 3.8) is 0 Å². The first kappa shape index (κ1) is 8.93. The standard InChI is InChI=1S/C7H18N4/c8-4-7(11)2-1-5(9)6(10)3-7/h5-6H,1-4,8-11H2. The Kier molecular flexibility index (Phi) is 2.49. The lowest BCUT2D eigenvalue weighted by Crippen LogP contribution is -2.59. The van der Waals surface area contributed by atoms with Gasteiger partial charge < -0.3 is 22.9 Å². The van der Waals surface area contributed by atoms with Crippen molar-refractivity contribution >= 4 is 0 Å². The summed E-state index contributed by atoms with van der Waals surface area (Å²) in [7, 11) is 0. The molecule has 0 aromatic carbocycles. The Morgan fingerprint density at radius 3 is 2.36 bits per heavy atom. The predicted octanol–water partition coefficient (Wildman–Crippen LogP) is -1.52. The van der Waals surface area contributed by atoms with E-state index in [2.05, 4.69) is 0 Å². The van der Waals surface area contributed by atoms with Crippen LogP contribution >= 0.6 is 0 Å². The molecule has 0 spiro atoms. The van der Waals surface area contributed by atoms with Crippen LogP contribution in [0.2, 0.25) is 0 Å². The predicted molar refractivity (Wildman–Crippen MR) is 45.8 cm³/mol. The summed E-state index contributed by atoms with van der Waals surface area (Å²) in [5, 5.41) is 0. The molecule has 11 heavy (non-hydrogen) atoms. The summed E-state index contributed by atoms with van der Waals surface area (Å²) in [4.78, 5) is 0. The van der Waals surface area contributed by atoms with Crippen LogP contribution in [0.1, 0.15) is 19.3 Å². The first-order valence-corrected chi connectivity index (χ1v) is 4.07. The molecule has 0 heterocycles. The van der Waals surface area contributed by atoms with Gasteiger partial charge in [-0.05, 0) is 19.3 Å². The molecule has 4 heteroatoms. The summed E-state index contributed by atoms with van der Waals surface area (Å²) < 4.78 is 0. The molecular formula is C7H18N4. The molecule has 1 saturated carbocycles. The maximum Gasteiger partial charge on any atom is 0.0294 e. The van der Waals surface area contributed by atoms with E-state index in [0.29, 0.717) is 6.54 Å². The van der Waals surface area contributed by atoms with Crippen molar-refractivity contribution in [1.82, 2.24) is 0 Å². The molecule has 4 nitrogen and oxygen atoms in total. The van der Waals surface area contributed by atoms with Crippen LogP contribution < -0.4 is 22.9 Å². The Balaban J connectivity index is 2.51. The van der Waals surface area contributed by atoms with Gasteiger partial charge in [-0.3, -0.25) is 0 Å². The minimum absolute atomic E-state index is 0.0253. The van der Waals surface area contributed by atoms with Crippen molar-refractivity contribution in [3.8, 4) is 0 Å². The minimum Gasteiger partial charge on any atom is -0.329 e. The monoisotopic (exact) mass is 158 g/mol. The van der Waals surface area contributed by atoms with E-state index >= 15 is 0 Å². The van der Waals surface area contributed by atoms with Gasteiger partial charge in [0.25, 0.3) is 0 Å². The molecule has 8 N–H and O–H groups in total. The molecule has 0 aromatic rings. The second-order valence-electron chi connectivity index (χ2n) is 3.64. The van der Waals surface area contributed by atoms with E-state index in [1.807, 2.05) is 0 Å². The van der Waals surface area contributed by atoms with Gasteiger partial charge in [0.05, 0.1) is 0 Å². The second kappa shape index (κ2) is 3.06. The van der Waals surface area contributed by atoms with Crippen LogP contribution in [0.4, 0.5) is 0 Å². The van der Waals surface area contributed by atoms with Crippen molar-refractivity contribution < 1.29 is 0 Å². The van der Waals surface area contributed by atoms with E-state index in [1.165, 1.54) is 0 Å². The summed E-state index contributed by atoms with van der Waals surface area (Å²) in [6.07, 6.45) is 2.55. The SMILES string of the molecule is NCC1(N)CCC(N)C(N)C1. The maximum atomic E-state index is 5.95. The molecule has 1 aliphatic carbocycles. The second-order valence-corrected chi connectivity index (χ2v) is 3.64. The van der Waals surface area contributed by atoms with Gasteiger partial charge in [0.1, 0.15) is 0 Å². The molecule has 1 rings (SSSR count). The van der Waals surface area contributed by atoms with E-state index in [0.717, 1.165) is 19.3 Å². The Morgan fingerprint density at radius 1 is 1.27 bits per heavy atom. The number of hydrogen-bond acceptors (Lipinski definition) is 4. The lowest BCUT2D eigenvalue weighted by Gasteiger charge is -2.38. The molecule has 0 aromatic heterocycles. The highest BCUT2D eigenvalue weighted by molar-refractivity contribution is 4.97. The van der Waals surface area contributed by atoms with Crippen LogP contribution in [-0.2, 0) is 0 Å². The van der Waals surface area contributed by atoms with Crippen LogP contribution in [-0.4, -0.2) is 24.2 Å². The Hall–Kier alpha value is -0.160. The molecule has 1 aliphatic rings. The van der Waals surface area contributed by atoms with Gasteiger partial charge in [-0.1, -0.05) is 0 Å². The maximum absolute atomic E-state index is 5.95. The first-order chi connectivity index (χ1) is 5.07. The van der Waals surface area contributed by atoms with Gasteiger partial charge in [0, 0.05) is 24.2 Å². The minimum atomic E-state index is -0.255. The summed E-state index contributed by atoms with van der Waals surface area (Å²) in [6, 6.07) is 0.135. The molecule has 0 saturated heterocycles. The summed E-state index contributed by atoms with van der Waals surface area (Å²) >= 11 is 0. The Bertz CT molecular complexity index is 138. The van der Waals surface area contributed by atoms with E-state index in [-0.39, 0.29) is 17.6 Å². The van der Waals surface area contributed by atoms with Gasteiger partial charge in [-0.25, -0.2) is 0 Å². The van der Waals surface area contributed by atoms with Crippen LogP contribution in [0.5, 0.6) is 0 Å². The van der Waals surface area contributed by atoms with Crippen molar-refractivity contribution in [2.75, 3.05) is 6.54 Å². The Labute approximate surface area is 67.3 Å². The average Bonchev–Trinajstić information content (AvgIpc) is 1.98. The van der Waals surface area contributed by atoms with Crippen LogP contribution in [0.3, 0.4) is 0 Å². The van der Waals surface area contributed by atoms with Gasteiger partial charge in [-0.15, -0.1) is 0 Å². The third-order valence-electron chi connectivity index (χ3n) is 2.57. The molecule has 1 fully saturated rings. The van der Waals surface area contributed by atoms with Gasteiger partial charge >= 0.3 is 0 Å². The summed E-state index contributed by atoms with van der Waals surface area (Å²) in [5.74, 6) is 0. The van der Waals surface area contributed by atoms with Crippen molar-refractivity contribution in [3.05, 3.63) is 0 Å². The molecule has 0 aliphatic heterocycles. The smallest absolute Gasteiger partial charge is 0.0294 e. The van der Waals surface area contributed by atoms with E-state index in [4.69, 9.17) is 22.9 Å². The third kappa shape index (κ3) is 1.90. The zero-order valence-electron chi connectivity index (χ0n) is 6.79. The third-order valence-corrected chi connectivity index (χ3v) is 2.57. The number of rotatable bonds is 1. The zero-order valence-corrected chi connectivity index (χ0v) is 6.79. The molecule has 0 amide bonds. The molecule has 0 bridgehead atoms. The fraction of sp³-hybridized carbons (Fsp3) is 1.00. The van der Waals surface area contributed by atoms with Crippen LogP contribution in [0.15, 0.2) is 0 Å². The molecule has 3 unspecified atom stereocenters. The van der Waals surface area contributed by atoms with Crippen molar-refractivity contribution in [2.45, 2.75) is 36.9 Å². The highest BCUT2D eigenvalue weighted by atomic mass is 14.9. The van der Waals surface area contributed by atoms with Gasteiger partial charge in [0.2, 0.25) is 0 Å². The summed E-state index contributed by atoms with van der Waals surface area (Å²) in [5.41, 5.74) is 22.7. The fourth-order valence-electron chi connectivity index (χ4n) is 1.58. The molecular weight excluding hydrogens is 140 g/mol. The van der Waals surface area contributed by atoms with Gasteiger partial charge in [0.15, 0.2) is 0 Å². The molecule has 66 valence electrons. The van der Waals surface area contributed by atoms with Crippen molar-refractivity contribution in [1.29, 1.82) is 0 Å². The van der Waals surface area contributed by atoms with Crippen LogP contribution in [0, 0.1) is 0 Å². The average molecular weight is 158 g/mol. The van der Waals surface area contributed by atoms with Crippen LogP contribution in [0.25, 0.3) is 0 Å². The lowest BCUT2D eigenvalue weighted by atomic mass is 9.78. The summed E-state index contributed by atoms with van der Waals surface area (Å²) in [6.45, 7) is 0.507. The zero-order chi connectivity index (χ0) is 8.48. The topological polar surface area (TPSA) is 104 Å². The molecule has 3 atom stereocenters. The molecule has 0 radical (unpaired) electrons. The normalized spacial score (nSPS) is 45.8. The highest BCUT2D eigenvalue weighted by Gasteiger charge is 2.33. The van der Waals surface area contributed by atoms with E-state index in [9.17, 15) is 0 Å². The number of nitrogens with two attached hydrogens (primary N) is 4. The van der Waals surface area contributed by atoms with E-state index < -0.39 is 0 Å². The highest BCUT2D eigenvalue weighted by Crippen LogP contribution is 2.23. The van der Waals surface area contributed by atoms with Crippen molar-refractivity contribution in [2.24, 2.45) is 22.9 Å². The Morgan fingerprint density at radius 2 is 1.91 bits per heavy atom. The number of hydrogen-bond donors (Lipinski definition) is 4. The first-order valence-electron chi connectivity index (χ1n) is 4.07. The largest absolute Gasteiger partial charge is 0.329 e. The lowest BCUT2D eigenvalue weighted by molar-refractivity contribution is 0.251. The quantitative estimate of drug-likeness (QED) is 0.372.